The van der Waals surface area contributed by atoms with Crippen LogP contribution < -0.4 is 5.73 Å². The van der Waals surface area contributed by atoms with Gasteiger partial charge in [0.05, 0.1) is 17.4 Å². The molecule has 1 atom stereocenters. The van der Waals surface area contributed by atoms with Crippen molar-refractivity contribution in [1.29, 1.82) is 0 Å². The molecule has 0 bridgehead atoms. The van der Waals surface area contributed by atoms with Gasteiger partial charge in [-0.15, -0.1) is 0 Å². The lowest BCUT2D eigenvalue weighted by Crippen LogP contribution is -2.04. The van der Waals surface area contributed by atoms with Gasteiger partial charge in [0.2, 0.25) is 0 Å². The second-order valence-electron chi connectivity index (χ2n) is 4.32. The van der Waals surface area contributed by atoms with Gasteiger partial charge in [-0.05, 0) is 36.2 Å². The van der Waals surface area contributed by atoms with Crippen molar-refractivity contribution in [1.82, 2.24) is 0 Å². The average Bonchev–Trinajstić information content (AvgIpc) is 2.43. The van der Waals surface area contributed by atoms with Crippen LogP contribution >= 0.6 is 0 Å². The molecule has 19 heavy (non-hydrogen) atoms. The molecule has 0 radical (unpaired) electrons. The molecule has 100 valence electrons. The molecule has 1 unspecified atom stereocenters. The second-order valence-corrected chi connectivity index (χ2v) is 5.71. The van der Waals surface area contributed by atoms with E-state index in [1.807, 2.05) is 43.3 Å². The molecule has 2 aromatic carbocycles. The van der Waals surface area contributed by atoms with Crippen molar-refractivity contribution < 1.29 is 8.95 Å². The molecule has 0 aromatic heterocycles. The molecule has 0 aliphatic heterocycles. The molecule has 0 saturated carbocycles. The maximum atomic E-state index is 12.0. The predicted octanol–water partition coefficient (Wildman–Crippen LogP) is 2.86. The summed E-state index contributed by atoms with van der Waals surface area (Å²) in [5.74, 6) is 0.193. The van der Waals surface area contributed by atoms with Crippen molar-refractivity contribution in [2.45, 2.75) is 18.4 Å². The van der Waals surface area contributed by atoms with Gasteiger partial charge in [0, 0.05) is 10.6 Å². The summed E-state index contributed by atoms with van der Waals surface area (Å²) in [6.45, 7) is 2.38. The van der Waals surface area contributed by atoms with E-state index in [1.165, 1.54) is 0 Å². The Balaban J connectivity index is 1.89. The third kappa shape index (κ3) is 3.91. The first-order valence-corrected chi connectivity index (χ1v) is 7.35. The van der Waals surface area contributed by atoms with Crippen LogP contribution in [0.2, 0.25) is 0 Å². The van der Waals surface area contributed by atoms with E-state index in [0.717, 1.165) is 16.0 Å². The first-order chi connectivity index (χ1) is 9.16. The number of benzene rings is 2. The number of aryl methyl sites for hydroxylation is 1. The minimum absolute atomic E-state index is 0.193. The molecule has 4 heteroatoms. The highest BCUT2D eigenvalue weighted by atomic mass is 32.2. The third-order valence-electron chi connectivity index (χ3n) is 2.81. The van der Waals surface area contributed by atoms with Crippen LogP contribution in [-0.4, -0.2) is 10.1 Å². The summed E-state index contributed by atoms with van der Waals surface area (Å²) in [5.41, 5.74) is 8.46. The molecule has 3 nitrogen and oxygen atoms in total. The van der Waals surface area contributed by atoms with Gasteiger partial charge in [-0.3, -0.25) is 4.21 Å². The maximum Gasteiger partial charge on any atom is 0.127 e. The first-order valence-electron chi connectivity index (χ1n) is 6.03. The van der Waals surface area contributed by atoms with Gasteiger partial charge in [0.15, 0.2) is 0 Å². The van der Waals surface area contributed by atoms with Crippen LogP contribution in [0.1, 0.15) is 11.1 Å². The van der Waals surface area contributed by atoms with Gasteiger partial charge in [-0.2, -0.15) is 0 Å². The van der Waals surface area contributed by atoms with Gasteiger partial charge >= 0.3 is 0 Å². The Bertz CT molecular complexity index is 570. The number of ether oxygens (including phenoxy) is 1. The molecule has 2 aromatic rings. The molecule has 2 rings (SSSR count). The van der Waals surface area contributed by atoms with Crippen molar-refractivity contribution in [2.75, 3.05) is 11.7 Å². The van der Waals surface area contributed by atoms with E-state index in [4.69, 9.17) is 10.5 Å². The van der Waals surface area contributed by atoms with E-state index >= 15 is 0 Å². The van der Waals surface area contributed by atoms with E-state index in [-0.39, 0.29) is 5.94 Å². The third-order valence-corrected chi connectivity index (χ3v) is 3.97. The summed E-state index contributed by atoms with van der Waals surface area (Å²) in [4.78, 5) is 0.750. The van der Waals surface area contributed by atoms with Crippen LogP contribution in [0.3, 0.4) is 0 Å². The zero-order valence-corrected chi connectivity index (χ0v) is 11.7. The van der Waals surface area contributed by atoms with Gasteiger partial charge in [-0.25, -0.2) is 0 Å². The zero-order chi connectivity index (χ0) is 13.7. The van der Waals surface area contributed by atoms with Crippen LogP contribution in [0.15, 0.2) is 53.4 Å². The molecule has 0 spiro atoms. The van der Waals surface area contributed by atoms with Crippen molar-refractivity contribution in [3.63, 3.8) is 0 Å². The Morgan fingerprint density at radius 2 is 1.89 bits per heavy atom. The van der Waals surface area contributed by atoms with Crippen molar-refractivity contribution >= 4 is 16.5 Å². The number of hydrogen-bond donors (Lipinski definition) is 1. The van der Waals surface area contributed by atoms with E-state index in [2.05, 4.69) is 0 Å². The Morgan fingerprint density at radius 1 is 1.16 bits per heavy atom. The summed E-state index contributed by atoms with van der Waals surface area (Å²) < 4.78 is 17.5. The van der Waals surface area contributed by atoms with E-state index in [0.29, 0.717) is 12.3 Å². The van der Waals surface area contributed by atoms with Gasteiger partial charge in [0.1, 0.15) is 5.94 Å². The number of nitrogens with two attached hydrogens (primary N) is 1. The molecular formula is C15H17NO2S. The molecule has 0 aliphatic carbocycles. The number of nitrogen functional groups attached to an aromatic ring is 1. The van der Waals surface area contributed by atoms with Gasteiger partial charge in [0.25, 0.3) is 0 Å². The number of anilines is 1. The highest BCUT2D eigenvalue weighted by Gasteiger charge is 2.05. The minimum Gasteiger partial charge on any atom is -0.399 e. The Morgan fingerprint density at radius 3 is 2.58 bits per heavy atom. The van der Waals surface area contributed by atoms with E-state index in [9.17, 15) is 4.21 Å². The second kappa shape index (κ2) is 6.50. The molecule has 0 aliphatic rings. The van der Waals surface area contributed by atoms with Gasteiger partial charge < -0.3 is 10.5 Å². The monoisotopic (exact) mass is 275 g/mol. The van der Waals surface area contributed by atoms with Crippen LogP contribution in [0.4, 0.5) is 5.69 Å². The highest BCUT2D eigenvalue weighted by Crippen LogP contribution is 2.16. The summed E-state index contributed by atoms with van der Waals surface area (Å²) >= 11 is 0. The normalized spacial score (nSPS) is 12.3. The molecule has 0 saturated heterocycles. The standard InChI is InChI=1S/C15H17NO2S/c1-12-9-14(7-8-15(12)16)19(17)11-18-10-13-5-3-2-4-6-13/h2-9H,10-11,16H2,1H3. The molecule has 2 N–H and O–H groups in total. The smallest absolute Gasteiger partial charge is 0.127 e. The quantitative estimate of drug-likeness (QED) is 0.854. The lowest BCUT2D eigenvalue weighted by molar-refractivity contribution is 0.166. The van der Waals surface area contributed by atoms with E-state index in [1.54, 1.807) is 12.1 Å². The van der Waals surface area contributed by atoms with Crippen molar-refractivity contribution in [2.24, 2.45) is 0 Å². The predicted molar refractivity (Wildman–Crippen MR) is 78.1 cm³/mol. The Hall–Kier alpha value is -1.65. The maximum absolute atomic E-state index is 12.0. The molecule has 0 amide bonds. The van der Waals surface area contributed by atoms with E-state index < -0.39 is 10.8 Å². The van der Waals surface area contributed by atoms with Crippen molar-refractivity contribution in [3.05, 3.63) is 59.7 Å². The molecular weight excluding hydrogens is 258 g/mol. The van der Waals surface area contributed by atoms with Gasteiger partial charge in [-0.1, -0.05) is 30.3 Å². The van der Waals surface area contributed by atoms with Crippen LogP contribution in [0, 0.1) is 6.92 Å². The Labute approximate surface area is 115 Å². The SMILES string of the molecule is Cc1cc(S(=O)COCc2ccccc2)ccc1N. The average molecular weight is 275 g/mol. The largest absolute Gasteiger partial charge is 0.399 e. The summed E-state index contributed by atoms with van der Waals surface area (Å²) in [6.07, 6.45) is 0. The topological polar surface area (TPSA) is 52.3 Å². The fourth-order valence-electron chi connectivity index (χ4n) is 1.67. The highest BCUT2D eigenvalue weighted by molar-refractivity contribution is 7.84. The van der Waals surface area contributed by atoms with Crippen LogP contribution in [0.25, 0.3) is 0 Å². The van der Waals surface area contributed by atoms with Crippen LogP contribution in [0.5, 0.6) is 0 Å². The molecule has 0 heterocycles. The summed E-state index contributed by atoms with van der Waals surface area (Å²) in [5, 5.41) is 0. The summed E-state index contributed by atoms with van der Waals surface area (Å²) in [7, 11) is -1.15. The fourth-order valence-corrected chi connectivity index (χ4v) is 2.57. The first kappa shape index (κ1) is 13.8. The summed E-state index contributed by atoms with van der Waals surface area (Å²) in [6, 6.07) is 15.2. The number of rotatable bonds is 5. The Kier molecular flexibility index (Phi) is 4.71. The number of hydrogen-bond acceptors (Lipinski definition) is 3. The van der Waals surface area contributed by atoms with Crippen LogP contribution in [-0.2, 0) is 22.1 Å². The zero-order valence-electron chi connectivity index (χ0n) is 10.8. The lowest BCUT2D eigenvalue weighted by Gasteiger charge is -2.06. The minimum atomic E-state index is -1.15. The molecule has 0 fully saturated rings. The lowest BCUT2D eigenvalue weighted by atomic mass is 10.2. The van der Waals surface area contributed by atoms with Crippen molar-refractivity contribution in [3.8, 4) is 0 Å². The fraction of sp³-hybridized carbons (Fsp3) is 0.200.